The van der Waals surface area contributed by atoms with Gasteiger partial charge in [-0.25, -0.2) is 0 Å². The van der Waals surface area contributed by atoms with Crippen LogP contribution < -0.4 is 5.32 Å². The third kappa shape index (κ3) is 3.79. The van der Waals surface area contributed by atoms with E-state index < -0.39 is 0 Å². The SMILES string of the molecule is CCC(CC#N)NCc1csc(Br)c1. The molecular weight excluding hydrogens is 260 g/mol. The Labute approximate surface area is 97.1 Å². The lowest BCUT2D eigenvalue weighted by molar-refractivity contribution is 0.505. The normalized spacial score (nSPS) is 12.4. The fraction of sp³-hybridized carbons (Fsp3) is 0.500. The Balaban J connectivity index is 2.36. The molecule has 0 saturated heterocycles. The fourth-order valence-electron chi connectivity index (χ4n) is 1.17. The minimum absolute atomic E-state index is 0.318. The summed E-state index contributed by atoms with van der Waals surface area (Å²) in [5, 5.41) is 14.1. The molecule has 0 radical (unpaired) electrons. The average Bonchev–Trinajstić information content (AvgIpc) is 2.59. The van der Waals surface area contributed by atoms with Crippen molar-refractivity contribution in [2.75, 3.05) is 0 Å². The predicted molar refractivity (Wildman–Crippen MR) is 63.2 cm³/mol. The quantitative estimate of drug-likeness (QED) is 0.893. The maximum absolute atomic E-state index is 8.57. The summed E-state index contributed by atoms with van der Waals surface area (Å²) < 4.78 is 1.16. The molecule has 0 aromatic carbocycles. The fourth-order valence-corrected chi connectivity index (χ4v) is 2.38. The number of rotatable bonds is 5. The van der Waals surface area contributed by atoms with Crippen molar-refractivity contribution in [2.45, 2.75) is 32.4 Å². The van der Waals surface area contributed by atoms with Gasteiger partial charge in [-0.05, 0) is 39.4 Å². The van der Waals surface area contributed by atoms with Crippen LogP contribution in [0.3, 0.4) is 0 Å². The van der Waals surface area contributed by atoms with E-state index in [2.05, 4.69) is 45.7 Å². The van der Waals surface area contributed by atoms with E-state index in [0.717, 1.165) is 16.8 Å². The van der Waals surface area contributed by atoms with Gasteiger partial charge in [-0.3, -0.25) is 0 Å². The molecule has 1 unspecified atom stereocenters. The number of thiophene rings is 1. The highest BCUT2D eigenvalue weighted by Crippen LogP contribution is 2.20. The first-order chi connectivity index (χ1) is 6.76. The molecule has 76 valence electrons. The number of halogens is 1. The van der Waals surface area contributed by atoms with E-state index >= 15 is 0 Å². The minimum atomic E-state index is 0.318. The van der Waals surface area contributed by atoms with Gasteiger partial charge >= 0.3 is 0 Å². The molecular formula is C10H13BrN2S. The van der Waals surface area contributed by atoms with E-state index in [4.69, 9.17) is 5.26 Å². The second kappa shape index (κ2) is 6.18. The van der Waals surface area contributed by atoms with Gasteiger partial charge in [-0.1, -0.05) is 6.92 Å². The largest absolute Gasteiger partial charge is 0.309 e. The van der Waals surface area contributed by atoms with Crippen LogP contribution in [-0.2, 0) is 6.54 Å². The van der Waals surface area contributed by atoms with Crippen LogP contribution >= 0.6 is 27.3 Å². The smallest absolute Gasteiger partial charge is 0.0701 e. The zero-order chi connectivity index (χ0) is 10.4. The van der Waals surface area contributed by atoms with Crippen molar-refractivity contribution in [3.8, 4) is 6.07 Å². The van der Waals surface area contributed by atoms with Crippen LogP contribution in [0.2, 0.25) is 0 Å². The Hall–Kier alpha value is -0.370. The summed E-state index contributed by atoms with van der Waals surface area (Å²) in [6, 6.07) is 4.62. The predicted octanol–water partition coefficient (Wildman–Crippen LogP) is 3.29. The van der Waals surface area contributed by atoms with Gasteiger partial charge in [-0.15, -0.1) is 11.3 Å². The number of nitriles is 1. The molecule has 0 fully saturated rings. The zero-order valence-electron chi connectivity index (χ0n) is 8.09. The van der Waals surface area contributed by atoms with Crippen LogP contribution in [0.1, 0.15) is 25.3 Å². The molecule has 1 aromatic heterocycles. The van der Waals surface area contributed by atoms with Crippen LogP contribution in [0.5, 0.6) is 0 Å². The van der Waals surface area contributed by atoms with Crippen molar-refractivity contribution in [1.82, 2.24) is 5.32 Å². The van der Waals surface area contributed by atoms with E-state index in [1.165, 1.54) is 5.56 Å². The van der Waals surface area contributed by atoms with Crippen LogP contribution in [0, 0.1) is 11.3 Å². The molecule has 0 aliphatic heterocycles. The van der Waals surface area contributed by atoms with Crippen molar-refractivity contribution < 1.29 is 0 Å². The van der Waals surface area contributed by atoms with E-state index in [9.17, 15) is 0 Å². The van der Waals surface area contributed by atoms with Crippen molar-refractivity contribution >= 4 is 27.3 Å². The summed E-state index contributed by atoms with van der Waals surface area (Å²) in [5.41, 5.74) is 1.28. The highest BCUT2D eigenvalue weighted by atomic mass is 79.9. The Morgan fingerprint density at radius 1 is 1.71 bits per heavy atom. The van der Waals surface area contributed by atoms with Gasteiger partial charge in [0.25, 0.3) is 0 Å². The first-order valence-corrected chi connectivity index (χ1v) is 6.26. The first kappa shape index (κ1) is 11.7. The van der Waals surface area contributed by atoms with Crippen molar-refractivity contribution in [2.24, 2.45) is 0 Å². The van der Waals surface area contributed by atoms with Crippen LogP contribution in [0.4, 0.5) is 0 Å². The number of hydrogen-bond acceptors (Lipinski definition) is 3. The van der Waals surface area contributed by atoms with Gasteiger partial charge in [0.05, 0.1) is 16.3 Å². The van der Waals surface area contributed by atoms with Gasteiger partial charge in [-0.2, -0.15) is 5.26 Å². The summed E-state index contributed by atoms with van der Waals surface area (Å²) in [6.45, 7) is 2.95. The van der Waals surface area contributed by atoms with Crippen LogP contribution in [0.25, 0.3) is 0 Å². The standard InChI is InChI=1S/C10H13BrN2S/c1-2-9(3-4-12)13-6-8-5-10(11)14-7-8/h5,7,9,13H,2-3,6H2,1H3. The van der Waals surface area contributed by atoms with E-state index in [0.29, 0.717) is 12.5 Å². The van der Waals surface area contributed by atoms with Gasteiger partial charge < -0.3 is 5.32 Å². The third-order valence-electron chi connectivity index (χ3n) is 2.05. The molecule has 1 aromatic rings. The summed E-state index contributed by atoms with van der Waals surface area (Å²) in [7, 11) is 0. The summed E-state index contributed by atoms with van der Waals surface area (Å²) in [4.78, 5) is 0. The molecule has 1 N–H and O–H groups in total. The Bertz CT molecular complexity index is 316. The van der Waals surface area contributed by atoms with Crippen molar-refractivity contribution in [3.05, 3.63) is 20.8 Å². The second-order valence-electron chi connectivity index (χ2n) is 3.11. The van der Waals surface area contributed by atoms with Crippen molar-refractivity contribution in [3.63, 3.8) is 0 Å². The van der Waals surface area contributed by atoms with E-state index in [-0.39, 0.29) is 0 Å². The Morgan fingerprint density at radius 2 is 2.50 bits per heavy atom. The molecule has 2 nitrogen and oxygen atoms in total. The Morgan fingerprint density at radius 3 is 3.00 bits per heavy atom. The van der Waals surface area contributed by atoms with Gasteiger partial charge in [0.2, 0.25) is 0 Å². The zero-order valence-corrected chi connectivity index (χ0v) is 10.5. The number of nitrogens with zero attached hydrogens (tertiary/aromatic N) is 1. The van der Waals surface area contributed by atoms with Gasteiger partial charge in [0, 0.05) is 12.6 Å². The maximum Gasteiger partial charge on any atom is 0.0701 e. The van der Waals surface area contributed by atoms with Crippen LogP contribution in [-0.4, -0.2) is 6.04 Å². The molecule has 0 saturated carbocycles. The summed E-state index contributed by atoms with van der Waals surface area (Å²) in [5.74, 6) is 0. The molecule has 14 heavy (non-hydrogen) atoms. The molecule has 0 bridgehead atoms. The highest BCUT2D eigenvalue weighted by Gasteiger charge is 2.05. The van der Waals surface area contributed by atoms with Crippen molar-refractivity contribution in [1.29, 1.82) is 5.26 Å². The van der Waals surface area contributed by atoms with Crippen LogP contribution in [0.15, 0.2) is 15.2 Å². The maximum atomic E-state index is 8.57. The van der Waals surface area contributed by atoms with E-state index in [1.54, 1.807) is 11.3 Å². The Kier molecular flexibility index (Phi) is 5.16. The molecule has 0 aliphatic rings. The van der Waals surface area contributed by atoms with Gasteiger partial charge in [0.1, 0.15) is 0 Å². The molecule has 1 heterocycles. The third-order valence-corrected chi connectivity index (χ3v) is 3.60. The van der Waals surface area contributed by atoms with E-state index in [1.807, 2.05) is 0 Å². The molecule has 1 rings (SSSR count). The highest BCUT2D eigenvalue weighted by molar-refractivity contribution is 9.11. The summed E-state index contributed by atoms with van der Waals surface area (Å²) in [6.07, 6.45) is 1.58. The molecule has 0 aliphatic carbocycles. The lowest BCUT2D eigenvalue weighted by Gasteiger charge is -2.12. The number of hydrogen-bond donors (Lipinski definition) is 1. The summed E-state index contributed by atoms with van der Waals surface area (Å²) >= 11 is 5.11. The molecule has 0 spiro atoms. The minimum Gasteiger partial charge on any atom is -0.309 e. The molecule has 0 amide bonds. The average molecular weight is 273 g/mol. The monoisotopic (exact) mass is 272 g/mol. The topological polar surface area (TPSA) is 35.8 Å². The lowest BCUT2D eigenvalue weighted by atomic mass is 10.1. The van der Waals surface area contributed by atoms with Gasteiger partial charge in [0.15, 0.2) is 0 Å². The molecule has 1 atom stereocenters. The first-order valence-electron chi connectivity index (χ1n) is 4.59. The number of nitrogens with one attached hydrogen (secondary N) is 1. The lowest BCUT2D eigenvalue weighted by Crippen LogP contribution is -2.27. The molecule has 4 heteroatoms. The second-order valence-corrected chi connectivity index (χ2v) is 5.40.